The number of anilines is 1. The molecule has 0 radical (unpaired) electrons. The van der Waals surface area contributed by atoms with Crippen LogP contribution in [0.2, 0.25) is 0 Å². The van der Waals surface area contributed by atoms with Gasteiger partial charge >= 0.3 is 0 Å². The zero-order valence-corrected chi connectivity index (χ0v) is 15.5. The van der Waals surface area contributed by atoms with E-state index < -0.39 is 5.79 Å². The topological polar surface area (TPSA) is 175 Å². The Bertz CT molecular complexity index is 1190. The van der Waals surface area contributed by atoms with Crippen molar-refractivity contribution in [3.63, 3.8) is 0 Å². The first-order valence-electron chi connectivity index (χ1n) is 8.95. The molecule has 8 heteroatoms. The molecule has 28 heavy (non-hydrogen) atoms. The number of nitrogens with one attached hydrogen (secondary N) is 1. The standard InChI is InChI=1S/C20H23N7O/c1-9-11-4-2-3-5-14(11)26-17(9)16-18(28)12-6-10(8-21)13(22)7-15(12)27-19(16)20(23,24)25/h2-7,9H,8,21-25H2,1H3,(H,27,28). The van der Waals surface area contributed by atoms with Crippen LogP contribution < -0.4 is 34.1 Å². The SMILES string of the molecule is CC1C(c2c(C(N)(N)N)[nH]c3cc(N)c(CN)cc3c2=O)=Nc2ccccc21. The Hall–Kier alpha value is -3.04. The average molecular weight is 377 g/mol. The van der Waals surface area contributed by atoms with Crippen molar-refractivity contribution >= 4 is 28.0 Å². The van der Waals surface area contributed by atoms with E-state index in [-0.39, 0.29) is 29.1 Å². The number of nitrogen functional groups attached to an aromatic ring is 1. The van der Waals surface area contributed by atoms with E-state index in [9.17, 15) is 4.79 Å². The van der Waals surface area contributed by atoms with Crippen molar-refractivity contribution in [3.05, 3.63) is 69.0 Å². The van der Waals surface area contributed by atoms with E-state index in [2.05, 4.69) is 9.98 Å². The number of hydrogen-bond acceptors (Lipinski definition) is 7. The lowest BCUT2D eigenvalue weighted by atomic mass is 9.90. The summed E-state index contributed by atoms with van der Waals surface area (Å²) in [6.45, 7) is 2.20. The van der Waals surface area contributed by atoms with Gasteiger partial charge in [-0.2, -0.15) is 0 Å². The van der Waals surface area contributed by atoms with Gasteiger partial charge in [0.25, 0.3) is 0 Å². The molecule has 1 atom stereocenters. The van der Waals surface area contributed by atoms with Gasteiger partial charge in [0, 0.05) is 23.5 Å². The zero-order valence-electron chi connectivity index (χ0n) is 15.5. The van der Waals surface area contributed by atoms with Crippen LogP contribution in [0, 0.1) is 0 Å². The first-order chi connectivity index (χ1) is 13.2. The smallest absolute Gasteiger partial charge is 0.198 e. The molecule has 3 aromatic rings. The Morgan fingerprint density at radius 1 is 1.18 bits per heavy atom. The van der Waals surface area contributed by atoms with E-state index in [0.717, 1.165) is 11.3 Å². The fraction of sp³-hybridized carbons (Fsp3) is 0.200. The molecule has 11 N–H and O–H groups in total. The van der Waals surface area contributed by atoms with E-state index in [1.807, 2.05) is 31.2 Å². The lowest BCUT2D eigenvalue weighted by Crippen LogP contribution is -2.56. The van der Waals surface area contributed by atoms with Gasteiger partial charge in [-0.15, -0.1) is 0 Å². The summed E-state index contributed by atoms with van der Waals surface area (Å²) in [7, 11) is 0. The Morgan fingerprint density at radius 3 is 2.54 bits per heavy atom. The normalized spacial score (nSPS) is 16.3. The number of H-pyrrole nitrogens is 1. The van der Waals surface area contributed by atoms with Gasteiger partial charge in [0.1, 0.15) is 0 Å². The van der Waals surface area contributed by atoms with Gasteiger partial charge in [-0.1, -0.05) is 25.1 Å². The maximum atomic E-state index is 13.5. The molecular weight excluding hydrogens is 354 g/mol. The summed E-state index contributed by atoms with van der Waals surface area (Å²) in [5.74, 6) is -1.88. The summed E-state index contributed by atoms with van der Waals surface area (Å²) in [4.78, 5) is 21.3. The Morgan fingerprint density at radius 2 is 1.89 bits per heavy atom. The highest BCUT2D eigenvalue weighted by atomic mass is 16.1. The molecule has 0 saturated carbocycles. The average Bonchev–Trinajstić information content (AvgIpc) is 2.97. The number of pyridine rings is 1. The number of benzene rings is 2. The van der Waals surface area contributed by atoms with Crippen molar-refractivity contribution in [2.75, 3.05) is 5.73 Å². The molecule has 1 aromatic heterocycles. The number of aliphatic imine (C=N–C) groups is 1. The van der Waals surface area contributed by atoms with Gasteiger partial charge in [-0.25, -0.2) is 0 Å². The fourth-order valence-corrected chi connectivity index (χ4v) is 3.75. The molecule has 144 valence electrons. The maximum Gasteiger partial charge on any atom is 0.198 e. The van der Waals surface area contributed by atoms with Crippen LogP contribution in [0.5, 0.6) is 0 Å². The van der Waals surface area contributed by atoms with Crippen LogP contribution in [0.1, 0.15) is 35.2 Å². The second-order valence-electron chi connectivity index (χ2n) is 7.22. The van der Waals surface area contributed by atoms with Crippen molar-refractivity contribution in [2.45, 2.75) is 25.2 Å². The summed E-state index contributed by atoms with van der Waals surface area (Å²) in [6.07, 6.45) is 0. The Kier molecular flexibility index (Phi) is 4.09. The Labute approximate surface area is 161 Å². The van der Waals surface area contributed by atoms with Crippen LogP contribution in [0.4, 0.5) is 11.4 Å². The van der Waals surface area contributed by atoms with E-state index in [4.69, 9.17) is 28.7 Å². The van der Waals surface area contributed by atoms with Crippen LogP contribution in [0.15, 0.2) is 46.2 Å². The molecule has 0 amide bonds. The van der Waals surface area contributed by atoms with Crippen molar-refractivity contribution in [3.8, 4) is 0 Å². The summed E-state index contributed by atoms with van der Waals surface area (Å²) in [5.41, 5.74) is 34.1. The number of nitrogens with two attached hydrogens (primary N) is 5. The van der Waals surface area contributed by atoms with Gasteiger partial charge in [0.2, 0.25) is 0 Å². The van der Waals surface area contributed by atoms with Gasteiger partial charge in [-0.3, -0.25) is 27.0 Å². The van der Waals surface area contributed by atoms with Crippen molar-refractivity contribution in [1.29, 1.82) is 0 Å². The van der Waals surface area contributed by atoms with Gasteiger partial charge in [-0.05, 0) is 29.3 Å². The molecule has 0 bridgehead atoms. The molecule has 0 fully saturated rings. The third-order valence-corrected chi connectivity index (χ3v) is 5.22. The molecule has 2 aromatic carbocycles. The molecule has 1 aliphatic rings. The molecule has 1 unspecified atom stereocenters. The minimum atomic E-state index is -1.76. The number of aromatic nitrogens is 1. The van der Waals surface area contributed by atoms with Crippen molar-refractivity contribution in [2.24, 2.45) is 27.9 Å². The van der Waals surface area contributed by atoms with Crippen LogP contribution >= 0.6 is 0 Å². The lowest BCUT2D eigenvalue weighted by molar-refractivity contribution is 0.473. The number of fused-ring (bicyclic) bond motifs is 2. The third-order valence-electron chi connectivity index (χ3n) is 5.22. The third kappa shape index (κ3) is 2.71. The maximum absolute atomic E-state index is 13.5. The number of para-hydroxylation sites is 1. The van der Waals surface area contributed by atoms with Crippen LogP contribution in [0.25, 0.3) is 10.9 Å². The molecule has 2 heterocycles. The van der Waals surface area contributed by atoms with Gasteiger partial charge < -0.3 is 16.5 Å². The van der Waals surface area contributed by atoms with E-state index >= 15 is 0 Å². The lowest BCUT2D eigenvalue weighted by Gasteiger charge is -2.24. The Balaban J connectivity index is 2.07. The second-order valence-corrected chi connectivity index (χ2v) is 7.22. The minimum absolute atomic E-state index is 0.112. The highest BCUT2D eigenvalue weighted by molar-refractivity contribution is 6.11. The highest BCUT2D eigenvalue weighted by Crippen LogP contribution is 2.37. The van der Waals surface area contributed by atoms with Crippen LogP contribution in [0.3, 0.4) is 0 Å². The summed E-state index contributed by atoms with van der Waals surface area (Å²) in [5, 5.41) is 0.434. The summed E-state index contributed by atoms with van der Waals surface area (Å²) >= 11 is 0. The molecule has 8 nitrogen and oxygen atoms in total. The monoisotopic (exact) mass is 377 g/mol. The predicted molar refractivity (Wildman–Crippen MR) is 112 cm³/mol. The zero-order chi connectivity index (χ0) is 20.2. The van der Waals surface area contributed by atoms with E-state index in [1.54, 1.807) is 12.1 Å². The fourth-order valence-electron chi connectivity index (χ4n) is 3.75. The van der Waals surface area contributed by atoms with E-state index in [1.165, 1.54) is 0 Å². The molecule has 4 rings (SSSR count). The molecule has 0 aliphatic carbocycles. The number of rotatable bonds is 3. The van der Waals surface area contributed by atoms with E-state index in [0.29, 0.717) is 27.9 Å². The predicted octanol–water partition coefficient (Wildman–Crippen LogP) is 0.793. The van der Waals surface area contributed by atoms with Gasteiger partial charge in [0.05, 0.1) is 28.2 Å². The van der Waals surface area contributed by atoms with Crippen molar-refractivity contribution < 1.29 is 0 Å². The quantitative estimate of drug-likeness (QED) is 0.290. The number of hydrogen-bond donors (Lipinski definition) is 6. The largest absolute Gasteiger partial charge is 0.398 e. The van der Waals surface area contributed by atoms with Crippen LogP contribution in [-0.4, -0.2) is 10.7 Å². The number of nitrogens with zero attached hydrogens (tertiary/aromatic N) is 1. The number of aromatic amines is 1. The summed E-state index contributed by atoms with van der Waals surface area (Å²) in [6, 6.07) is 11.1. The van der Waals surface area contributed by atoms with Crippen LogP contribution in [-0.2, 0) is 12.3 Å². The van der Waals surface area contributed by atoms with Gasteiger partial charge in [0.15, 0.2) is 11.2 Å². The summed E-state index contributed by atoms with van der Waals surface area (Å²) < 4.78 is 0. The first-order valence-corrected chi connectivity index (χ1v) is 8.95. The molecule has 0 saturated heterocycles. The van der Waals surface area contributed by atoms with Crippen molar-refractivity contribution in [1.82, 2.24) is 4.98 Å². The minimum Gasteiger partial charge on any atom is -0.398 e. The first kappa shape index (κ1) is 18.3. The molecule has 1 aliphatic heterocycles. The second kappa shape index (κ2) is 6.25. The molecular formula is C20H23N7O. The molecule has 0 spiro atoms. The highest BCUT2D eigenvalue weighted by Gasteiger charge is 2.33.